The van der Waals surface area contributed by atoms with E-state index in [1.54, 1.807) is 61.5 Å². The third-order valence-corrected chi connectivity index (χ3v) is 9.19. The topological polar surface area (TPSA) is 105 Å². The molecule has 1 atom stereocenters. The summed E-state index contributed by atoms with van der Waals surface area (Å²) in [7, 11) is -1.33. The third kappa shape index (κ3) is 8.34. The molecule has 0 radical (unpaired) electrons. The molecule has 0 aliphatic heterocycles. The van der Waals surface area contributed by atoms with Crippen LogP contribution in [-0.2, 0) is 32.6 Å². The number of ether oxygens (including phenoxy) is 2. The molecule has 11 heteroatoms. The Morgan fingerprint density at radius 1 is 0.822 bits per heavy atom. The summed E-state index contributed by atoms with van der Waals surface area (Å²) >= 11 is 6.13. The molecule has 1 N–H and O–H groups in total. The molecule has 9 nitrogen and oxygen atoms in total. The van der Waals surface area contributed by atoms with Crippen LogP contribution in [0.2, 0.25) is 5.02 Å². The highest BCUT2D eigenvalue weighted by molar-refractivity contribution is 7.92. The number of amides is 2. The Kier molecular flexibility index (Phi) is 11.5. The van der Waals surface area contributed by atoms with Gasteiger partial charge >= 0.3 is 0 Å². The minimum atomic E-state index is -4.25. The number of likely N-dealkylation sites (N-methyl/N-ethyl adjacent to an activating group) is 1. The summed E-state index contributed by atoms with van der Waals surface area (Å²) in [6, 6.07) is 27.8. The van der Waals surface area contributed by atoms with E-state index in [2.05, 4.69) is 5.32 Å². The first-order valence-corrected chi connectivity index (χ1v) is 16.1. The van der Waals surface area contributed by atoms with E-state index in [-0.39, 0.29) is 35.2 Å². The Labute approximate surface area is 269 Å². The zero-order valence-corrected chi connectivity index (χ0v) is 26.9. The van der Waals surface area contributed by atoms with E-state index in [0.29, 0.717) is 17.3 Å². The molecule has 0 bridgehead atoms. The SMILES string of the molecule is CCNC(=O)C(Cc1ccccc1)N(Cc1ccc(Cl)cc1)C(=O)CN(c1ccc(OC)c(OC)c1)S(=O)(=O)c1ccccc1. The van der Waals surface area contributed by atoms with E-state index >= 15 is 0 Å². The van der Waals surface area contributed by atoms with E-state index in [1.165, 1.54) is 37.3 Å². The summed E-state index contributed by atoms with van der Waals surface area (Å²) in [6.07, 6.45) is 0.216. The smallest absolute Gasteiger partial charge is 0.264 e. The van der Waals surface area contributed by atoms with Gasteiger partial charge in [-0.25, -0.2) is 8.42 Å². The molecule has 45 heavy (non-hydrogen) atoms. The summed E-state index contributed by atoms with van der Waals surface area (Å²) in [4.78, 5) is 29.5. The van der Waals surface area contributed by atoms with E-state index in [0.717, 1.165) is 15.4 Å². The monoisotopic (exact) mass is 649 g/mol. The second-order valence-electron chi connectivity index (χ2n) is 10.1. The van der Waals surface area contributed by atoms with E-state index in [9.17, 15) is 18.0 Å². The van der Waals surface area contributed by atoms with Gasteiger partial charge in [-0.3, -0.25) is 13.9 Å². The average molecular weight is 650 g/mol. The fraction of sp³-hybridized carbons (Fsp3) is 0.235. The molecule has 0 saturated heterocycles. The molecule has 0 aliphatic rings. The van der Waals surface area contributed by atoms with Gasteiger partial charge < -0.3 is 19.7 Å². The number of rotatable bonds is 14. The second-order valence-corrected chi connectivity index (χ2v) is 12.4. The first-order chi connectivity index (χ1) is 21.7. The first kappa shape index (κ1) is 33.4. The van der Waals surface area contributed by atoms with Crippen LogP contribution in [0.4, 0.5) is 5.69 Å². The number of sulfonamides is 1. The van der Waals surface area contributed by atoms with Crippen LogP contribution in [0.1, 0.15) is 18.1 Å². The van der Waals surface area contributed by atoms with Gasteiger partial charge in [-0.15, -0.1) is 0 Å². The molecule has 0 spiro atoms. The number of nitrogens with one attached hydrogen (secondary N) is 1. The Bertz CT molecular complexity index is 1690. The van der Waals surface area contributed by atoms with Crippen LogP contribution in [0, 0.1) is 0 Å². The van der Waals surface area contributed by atoms with Crippen molar-refractivity contribution in [1.82, 2.24) is 10.2 Å². The number of nitrogens with zero attached hydrogens (tertiary/aromatic N) is 2. The molecule has 2 amide bonds. The molecule has 0 aliphatic carbocycles. The van der Waals surface area contributed by atoms with Gasteiger partial charge in [0, 0.05) is 30.6 Å². The number of carbonyl (C=O) groups excluding carboxylic acids is 2. The van der Waals surface area contributed by atoms with Crippen molar-refractivity contribution in [3.05, 3.63) is 119 Å². The summed E-state index contributed by atoms with van der Waals surface area (Å²) in [5.74, 6) is -0.246. The van der Waals surface area contributed by atoms with Gasteiger partial charge in [-0.05, 0) is 54.4 Å². The van der Waals surface area contributed by atoms with E-state index < -0.39 is 28.5 Å². The van der Waals surface area contributed by atoms with Crippen molar-refractivity contribution in [3.8, 4) is 11.5 Å². The van der Waals surface area contributed by atoms with Crippen LogP contribution in [0.25, 0.3) is 0 Å². The maximum atomic E-state index is 14.5. The van der Waals surface area contributed by atoms with Crippen molar-refractivity contribution in [3.63, 3.8) is 0 Å². The predicted octanol–water partition coefficient (Wildman–Crippen LogP) is 5.33. The molecule has 4 rings (SSSR count). The number of halogens is 1. The van der Waals surface area contributed by atoms with Crippen molar-refractivity contribution < 1.29 is 27.5 Å². The zero-order valence-electron chi connectivity index (χ0n) is 25.4. The normalized spacial score (nSPS) is 11.7. The fourth-order valence-corrected chi connectivity index (χ4v) is 6.41. The summed E-state index contributed by atoms with van der Waals surface area (Å²) in [5.41, 5.74) is 1.75. The molecule has 4 aromatic rings. The predicted molar refractivity (Wildman–Crippen MR) is 175 cm³/mol. The molecule has 236 valence electrons. The number of hydrogen-bond donors (Lipinski definition) is 1. The minimum absolute atomic E-state index is 0.00129. The zero-order chi connectivity index (χ0) is 32.4. The van der Waals surface area contributed by atoms with Crippen molar-refractivity contribution in [2.45, 2.75) is 30.8 Å². The van der Waals surface area contributed by atoms with E-state index in [1.807, 2.05) is 30.3 Å². The van der Waals surface area contributed by atoms with Gasteiger partial charge in [-0.1, -0.05) is 72.3 Å². The van der Waals surface area contributed by atoms with Crippen molar-refractivity contribution in [2.24, 2.45) is 0 Å². The van der Waals surface area contributed by atoms with Crippen LogP contribution in [0.5, 0.6) is 11.5 Å². The van der Waals surface area contributed by atoms with Crippen LogP contribution >= 0.6 is 11.6 Å². The molecule has 0 heterocycles. The highest BCUT2D eigenvalue weighted by Gasteiger charge is 2.34. The number of hydrogen-bond acceptors (Lipinski definition) is 6. The fourth-order valence-electron chi connectivity index (χ4n) is 4.86. The molecule has 0 saturated carbocycles. The molecule has 1 unspecified atom stereocenters. The first-order valence-electron chi connectivity index (χ1n) is 14.3. The third-order valence-electron chi connectivity index (χ3n) is 7.15. The number of anilines is 1. The highest BCUT2D eigenvalue weighted by Crippen LogP contribution is 2.34. The van der Waals surface area contributed by atoms with Gasteiger partial charge in [0.1, 0.15) is 12.6 Å². The maximum absolute atomic E-state index is 14.5. The van der Waals surface area contributed by atoms with Gasteiger partial charge in [0.05, 0.1) is 24.8 Å². The molecular weight excluding hydrogens is 614 g/mol. The standard InChI is InChI=1S/C34H36ClN3O6S/c1-4-36-34(40)30(21-25-11-7-5-8-12-25)37(23-26-15-17-27(35)18-16-26)33(39)24-38(45(41,42)29-13-9-6-10-14-29)28-19-20-31(43-2)32(22-28)44-3/h5-20,22,30H,4,21,23-24H2,1-3H3,(H,36,40). The van der Waals surface area contributed by atoms with Gasteiger partial charge in [0.15, 0.2) is 11.5 Å². The molecular formula is C34H36ClN3O6S. The number of carbonyl (C=O) groups is 2. The van der Waals surface area contributed by atoms with Gasteiger partial charge in [0.2, 0.25) is 11.8 Å². The lowest BCUT2D eigenvalue weighted by atomic mass is 10.0. The lowest BCUT2D eigenvalue weighted by Gasteiger charge is -2.34. The van der Waals surface area contributed by atoms with E-state index in [4.69, 9.17) is 21.1 Å². The highest BCUT2D eigenvalue weighted by atomic mass is 35.5. The second kappa shape index (κ2) is 15.5. The number of benzene rings is 4. The van der Waals surface area contributed by atoms with Crippen LogP contribution in [0.15, 0.2) is 108 Å². The lowest BCUT2D eigenvalue weighted by Crippen LogP contribution is -2.53. The quantitative estimate of drug-likeness (QED) is 0.198. The Balaban J connectivity index is 1.82. The van der Waals surface area contributed by atoms with Crippen molar-refractivity contribution >= 4 is 39.1 Å². The Morgan fingerprint density at radius 2 is 1.44 bits per heavy atom. The van der Waals surface area contributed by atoms with Crippen molar-refractivity contribution in [2.75, 3.05) is 31.6 Å². The maximum Gasteiger partial charge on any atom is 0.264 e. The van der Waals surface area contributed by atoms with Crippen LogP contribution < -0.4 is 19.1 Å². The van der Waals surface area contributed by atoms with Gasteiger partial charge in [-0.2, -0.15) is 0 Å². The summed E-state index contributed by atoms with van der Waals surface area (Å²) < 4.78 is 40.1. The summed E-state index contributed by atoms with van der Waals surface area (Å²) in [6.45, 7) is 1.60. The van der Waals surface area contributed by atoms with Crippen molar-refractivity contribution in [1.29, 1.82) is 0 Å². The number of methoxy groups -OCH3 is 2. The Hall–Kier alpha value is -4.54. The molecule has 0 aromatic heterocycles. The Morgan fingerprint density at radius 3 is 2.04 bits per heavy atom. The molecule has 0 fully saturated rings. The summed E-state index contributed by atoms with van der Waals surface area (Å²) in [5, 5.41) is 3.37. The minimum Gasteiger partial charge on any atom is -0.493 e. The lowest BCUT2D eigenvalue weighted by molar-refractivity contribution is -0.140. The largest absolute Gasteiger partial charge is 0.493 e. The van der Waals surface area contributed by atoms with Gasteiger partial charge in [0.25, 0.3) is 10.0 Å². The van der Waals surface area contributed by atoms with Crippen LogP contribution in [-0.4, -0.2) is 58.5 Å². The molecule has 4 aromatic carbocycles. The average Bonchev–Trinajstić information content (AvgIpc) is 3.06. The van der Waals surface area contributed by atoms with Crippen LogP contribution in [0.3, 0.4) is 0 Å².